The number of nitrogens with two attached hydrogens (primary N) is 1. The van der Waals surface area contributed by atoms with Crippen LogP contribution < -0.4 is 10.5 Å². The van der Waals surface area contributed by atoms with E-state index in [1.165, 1.54) is 0 Å². The number of hydrogen-bond donors (Lipinski definition) is 3. The number of piperidine rings is 1. The molecule has 2 aromatic carbocycles. The molecule has 1 saturated heterocycles. The van der Waals surface area contributed by atoms with E-state index < -0.39 is 81.7 Å². The average Bonchev–Trinajstić information content (AvgIpc) is 3.50. The lowest BCUT2D eigenvalue weighted by molar-refractivity contribution is -0.147. The number of nitrogens with zero attached hydrogens (tertiary/aromatic N) is 1. The van der Waals surface area contributed by atoms with E-state index in [4.69, 9.17) is 10.5 Å². The summed E-state index contributed by atoms with van der Waals surface area (Å²) in [6.07, 6.45) is -6.05. The maximum absolute atomic E-state index is 13.5. The van der Waals surface area contributed by atoms with Gasteiger partial charge in [0, 0.05) is 23.4 Å². The summed E-state index contributed by atoms with van der Waals surface area (Å²) in [5.41, 5.74) is 2.45. The highest BCUT2D eigenvalue weighted by atomic mass is 32.2. The van der Waals surface area contributed by atoms with Crippen LogP contribution in [0, 0.1) is 17.2 Å². The van der Waals surface area contributed by atoms with Crippen molar-refractivity contribution in [3.63, 3.8) is 0 Å². The van der Waals surface area contributed by atoms with Crippen LogP contribution >= 0.6 is 0 Å². The molecular formula is C23H22F4N2O7S. The van der Waals surface area contributed by atoms with Gasteiger partial charge in [-0.05, 0) is 55.3 Å². The number of halogens is 4. The third-order valence-electron chi connectivity index (χ3n) is 6.73. The van der Waals surface area contributed by atoms with Crippen LogP contribution in [0.15, 0.2) is 47.4 Å². The number of rotatable bonds is 7. The summed E-state index contributed by atoms with van der Waals surface area (Å²) in [5.74, 6) is -4.10. The fourth-order valence-corrected chi connectivity index (χ4v) is 6.71. The molecule has 4 unspecified atom stereocenters. The highest BCUT2D eigenvalue weighted by Gasteiger charge is 2.69. The predicted octanol–water partition coefficient (Wildman–Crippen LogP) is 2.12. The minimum atomic E-state index is -4.74. The molecule has 4 rings (SSSR count). The van der Waals surface area contributed by atoms with E-state index in [1.54, 1.807) is 0 Å². The van der Waals surface area contributed by atoms with Crippen LogP contribution in [0.3, 0.4) is 0 Å². The molecule has 2 aliphatic rings. The van der Waals surface area contributed by atoms with Gasteiger partial charge in [-0.25, -0.2) is 12.8 Å². The molecule has 2 fully saturated rings. The third kappa shape index (κ3) is 5.00. The van der Waals surface area contributed by atoms with Crippen molar-refractivity contribution in [2.75, 3.05) is 6.54 Å². The number of β-amino-alcohol motifs (C(OH)–C–C–N with tert-alkyl or cyclic N) is 1. The van der Waals surface area contributed by atoms with Crippen LogP contribution in [0.2, 0.25) is 0 Å². The molecule has 0 bridgehead atoms. The minimum Gasteiger partial charge on any atom is -0.489 e. The van der Waals surface area contributed by atoms with Crippen LogP contribution in [0.5, 0.6) is 5.75 Å². The second-order valence-electron chi connectivity index (χ2n) is 9.12. The van der Waals surface area contributed by atoms with Crippen molar-refractivity contribution >= 4 is 21.9 Å². The number of ether oxygens (including phenoxy) is 1. The second kappa shape index (κ2) is 9.26. The normalized spacial score (nSPS) is 26.1. The van der Waals surface area contributed by atoms with E-state index in [2.05, 4.69) is 0 Å². The Bertz CT molecular complexity index is 1330. The van der Waals surface area contributed by atoms with Crippen LogP contribution in [-0.4, -0.2) is 53.5 Å². The van der Waals surface area contributed by atoms with Crippen molar-refractivity contribution in [2.24, 2.45) is 17.1 Å². The number of aliphatic hydroxyl groups is 1. The van der Waals surface area contributed by atoms with Crippen LogP contribution in [0.4, 0.5) is 17.6 Å². The molecule has 200 valence electrons. The number of carbonyl (C=O) groups excluding carboxylic acids is 1. The first kappa shape index (κ1) is 26.8. The maximum Gasteiger partial charge on any atom is 0.416 e. The molecule has 0 radical (unpaired) electrons. The Morgan fingerprint density at radius 2 is 1.78 bits per heavy atom. The number of primary amides is 1. The van der Waals surface area contributed by atoms with Crippen molar-refractivity contribution in [1.82, 2.24) is 4.31 Å². The molecule has 1 aliphatic heterocycles. The Morgan fingerprint density at radius 1 is 1.14 bits per heavy atom. The van der Waals surface area contributed by atoms with E-state index in [0.717, 1.165) is 24.3 Å². The molecular weight excluding hydrogens is 524 g/mol. The molecule has 4 atom stereocenters. The largest absolute Gasteiger partial charge is 0.489 e. The van der Waals surface area contributed by atoms with Gasteiger partial charge in [-0.2, -0.15) is 17.5 Å². The van der Waals surface area contributed by atoms with E-state index in [1.807, 2.05) is 0 Å². The Labute approximate surface area is 208 Å². The first-order valence-electron chi connectivity index (χ1n) is 11.0. The quantitative estimate of drug-likeness (QED) is 0.451. The van der Waals surface area contributed by atoms with Gasteiger partial charge in [0.2, 0.25) is 15.9 Å². The zero-order chi connectivity index (χ0) is 27.3. The summed E-state index contributed by atoms with van der Waals surface area (Å²) < 4.78 is 85.6. The molecule has 0 aromatic heterocycles. The molecule has 4 N–H and O–H groups in total. The highest BCUT2D eigenvalue weighted by Crippen LogP contribution is 2.61. The third-order valence-corrected chi connectivity index (χ3v) is 8.58. The summed E-state index contributed by atoms with van der Waals surface area (Å²) in [6, 6.07) is 4.73. The van der Waals surface area contributed by atoms with Gasteiger partial charge in [0.1, 0.15) is 24.2 Å². The molecule has 1 spiro atoms. The van der Waals surface area contributed by atoms with Gasteiger partial charge in [-0.15, -0.1) is 0 Å². The number of aliphatic hydroxyl groups excluding tert-OH is 1. The first-order valence-corrected chi connectivity index (χ1v) is 12.4. The molecule has 1 saturated carbocycles. The molecule has 1 amide bonds. The molecule has 37 heavy (non-hydrogen) atoms. The zero-order valence-corrected chi connectivity index (χ0v) is 19.8. The molecule has 9 nitrogen and oxygen atoms in total. The molecule has 1 heterocycles. The van der Waals surface area contributed by atoms with Crippen LogP contribution in [0.1, 0.15) is 24.0 Å². The number of amides is 1. The number of alkyl halides is 3. The Morgan fingerprint density at radius 3 is 2.32 bits per heavy atom. The summed E-state index contributed by atoms with van der Waals surface area (Å²) in [7, 11) is -4.50. The topological polar surface area (TPSA) is 147 Å². The van der Waals surface area contributed by atoms with Crippen molar-refractivity contribution in [3.8, 4) is 5.75 Å². The van der Waals surface area contributed by atoms with Gasteiger partial charge in [0.25, 0.3) is 0 Å². The van der Waals surface area contributed by atoms with Gasteiger partial charge < -0.3 is 20.7 Å². The van der Waals surface area contributed by atoms with Gasteiger partial charge in [-0.1, -0.05) is 0 Å². The summed E-state index contributed by atoms with van der Waals surface area (Å²) in [4.78, 5) is 23.5. The molecule has 1 aliphatic carbocycles. The lowest BCUT2D eigenvalue weighted by Gasteiger charge is -2.41. The smallest absolute Gasteiger partial charge is 0.416 e. The summed E-state index contributed by atoms with van der Waals surface area (Å²) in [5, 5.41) is 20.1. The first-order chi connectivity index (χ1) is 17.2. The number of carboxylic acids is 1. The molecule has 14 heteroatoms. The van der Waals surface area contributed by atoms with Crippen molar-refractivity contribution in [1.29, 1.82) is 0 Å². The average molecular weight is 546 g/mol. The van der Waals surface area contributed by atoms with Gasteiger partial charge in [0.15, 0.2) is 0 Å². The SMILES string of the molecule is NC(=O)C1CC12CC(O)CN(S(=O)(=O)c1ccc(OCc3cc(F)ccc3C(F)(F)F)cc1)C2C(=O)O. The van der Waals surface area contributed by atoms with Gasteiger partial charge in [0.05, 0.1) is 16.6 Å². The van der Waals surface area contributed by atoms with Crippen LogP contribution in [0.25, 0.3) is 0 Å². The fraction of sp³-hybridized carbons (Fsp3) is 0.391. The zero-order valence-electron chi connectivity index (χ0n) is 19.0. The Hall–Kier alpha value is -3.23. The van der Waals surface area contributed by atoms with E-state index in [0.29, 0.717) is 22.5 Å². The number of carbonyl (C=O) groups is 2. The van der Waals surface area contributed by atoms with Crippen LogP contribution in [-0.2, 0) is 32.4 Å². The number of hydrogen-bond acceptors (Lipinski definition) is 6. The van der Waals surface area contributed by atoms with E-state index in [-0.39, 0.29) is 23.5 Å². The fourth-order valence-electron chi connectivity index (χ4n) is 5.02. The summed E-state index contributed by atoms with van der Waals surface area (Å²) >= 11 is 0. The lowest BCUT2D eigenvalue weighted by Crippen LogP contribution is -2.58. The maximum atomic E-state index is 13.5. The number of sulfonamides is 1. The summed E-state index contributed by atoms with van der Waals surface area (Å²) in [6.45, 7) is -1.18. The monoisotopic (exact) mass is 546 g/mol. The number of benzene rings is 2. The lowest BCUT2D eigenvalue weighted by atomic mass is 9.83. The molecule has 2 aromatic rings. The highest BCUT2D eigenvalue weighted by molar-refractivity contribution is 7.89. The van der Waals surface area contributed by atoms with Crippen molar-refractivity contribution in [2.45, 2.75) is 42.7 Å². The van der Waals surface area contributed by atoms with E-state index >= 15 is 0 Å². The predicted molar refractivity (Wildman–Crippen MR) is 118 cm³/mol. The number of aliphatic carboxylic acids is 1. The van der Waals surface area contributed by atoms with E-state index in [9.17, 15) is 45.8 Å². The number of carboxylic acid groups (broad SMARTS) is 1. The minimum absolute atomic E-state index is 0.0230. The van der Waals surface area contributed by atoms with Crippen molar-refractivity contribution in [3.05, 3.63) is 59.4 Å². The Kier molecular flexibility index (Phi) is 6.71. The van der Waals surface area contributed by atoms with Gasteiger partial charge in [-0.3, -0.25) is 9.59 Å². The Balaban J connectivity index is 1.56. The standard InChI is InChI=1S/C23H22F4N2O7S/c24-13-1-6-17(23(25,26)27)12(7-13)11-36-15-2-4-16(5-3-15)37(34,35)29-10-14(30)8-22(19(29)21(32)33)9-18(22)20(28)31/h1-7,14,18-19,30H,8-11H2,(H2,28,31)(H,32,33). The second-order valence-corrected chi connectivity index (χ2v) is 11.0. The van der Waals surface area contributed by atoms with Crippen molar-refractivity contribution < 1.29 is 50.5 Å². The van der Waals surface area contributed by atoms with Gasteiger partial charge >= 0.3 is 12.1 Å².